The third kappa shape index (κ3) is 4.43. The lowest BCUT2D eigenvalue weighted by atomic mass is 9.52. The van der Waals surface area contributed by atoms with E-state index < -0.39 is 28.8 Å². The number of hydrogen-bond donors (Lipinski definition) is 0. The summed E-state index contributed by atoms with van der Waals surface area (Å²) in [5.41, 5.74) is -2.58. The number of carbonyl (C=O) groups excluding carboxylic acids is 2. The molecule has 4 rings (SSSR count). The number of esters is 2. The van der Waals surface area contributed by atoms with Gasteiger partial charge in [0.05, 0.1) is 5.41 Å². The molecule has 4 fully saturated rings. The van der Waals surface area contributed by atoms with E-state index in [1.165, 1.54) is 0 Å². The average molecular weight is 394 g/mol. The maximum absolute atomic E-state index is 12.7. The van der Waals surface area contributed by atoms with Gasteiger partial charge in [0.2, 0.25) is 0 Å². The minimum absolute atomic E-state index is 0. The number of ether oxygens (including phenoxy) is 2. The standard InChI is InChI=1S/C18H25F3O4.2CH4/c1-4-15(2,3)13(22)24-16-6-11-5-12(7-16)9-17(8-11,10-16)25-14(23)18(19,20)21;;/h11-12H,4-10H2,1-3H3;2*1H4. The first-order chi connectivity index (χ1) is 11.4. The molecule has 0 N–H and O–H groups in total. The Balaban J connectivity index is 0.00000182. The van der Waals surface area contributed by atoms with E-state index in [1.54, 1.807) is 13.8 Å². The molecule has 0 aliphatic heterocycles. The van der Waals surface area contributed by atoms with Crippen molar-refractivity contribution in [1.82, 2.24) is 0 Å². The topological polar surface area (TPSA) is 52.6 Å². The molecule has 0 amide bonds. The average Bonchev–Trinajstić information content (AvgIpc) is 2.43. The van der Waals surface area contributed by atoms with Gasteiger partial charge < -0.3 is 9.47 Å². The second-order valence-corrected chi connectivity index (χ2v) is 8.84. The van der Waals surface area contributed by atoms with Crippen LogP contribution in [0.1, 0.15) is 80.6 Å². The van der Waals surface area contributed by atoms with Gasteiger partial charge in [-0.05, 0) is 64.2 Å². The van der Waals surface area contributed by atoms with E-state index in [0.717, 1.165) is 6.42 Å². The molecule has 4 nitrogen and oxygen atoms in total. The predicted molar refractivity (Wildman–Crippen MR) is 95.9 cm³/mol. The third-order valence-electron chi connectivity index (χ3n) is 6.24. The summed E-state index contributed by atoms with van der Waals surface area (Å²) < 4.78 is 48.9. The van der Waals surface area contributed by atoms with Crippen molar-refractivity contribution in [3.8, 4) is 0 Å². The maximum atomic E-state index is 12.7. The van der Waals surface area contributed by atoms with Gasteiger partial charge in [-0.1, -0.05) is 21.8 Å². The van der Waals surface area contributed by atoms with Crippen LogP contribution in [0, 0.1) is 17.3 Å². The van der Waals surface area contributed by atoms with E-state index in [0.29, 0.717) is 32.1 Å². The van der Waals surface area contributed by atoms with Gasteiger partial charge in [0.15, 0.2) is 0 Å². The van der Waals surface area contributed by atoms with Crippen LogP contribution in [0.25, 0.3) is 0 Å². The molecular formula is C20H33F3O4. The quantitative estimate of drug-likeness (QED) is 0.596. The highest BCUT2D eigenvalue weighted by Crippen LogP contribution is 2.60. The van der Waals surface area contributed by atoms with Crippen molar-refractivity contribution in [3.05, 3.63) is 0 Å². The molecule has 0 spiro atoms. The van der Waals surface area contributed by atoms with Crippen molar-refractivity contribution in [2.75, 3.05) is 0 Å². The zero-order valence-electron chi connectivity index (χ0n) is 14.9. The lowest BCUT2D eigenvalue weighted by Gasteiger charge is -2.60. The van der Waals surface area contributed by atoms with E-state index in [1.807, 2.05) is 6.92 Å². The van der Waals surface area contributed by atoms with Crippen LogP contribution in [0.5, 0.6) is 0 Å². The number of hydrogen-bond acceptors (Lipinski definition) is 4. The largest absolute Gasteiger partial charge is 0.490 e. The molecule has 0 aromatic rings. The Hall–Kier alpha value is -1.27. The SMILES string of the molecule is C.C.CCC(C)(C)C(=O)OC12CC3CC(CC(OC(=O)C(F)(F)F)(C3)C1)C2. The molecule has 4 aliphatic carbocycles. The van der Waals surface area contributed by atoms with E-state index >= 15 is 0 Å². The van der Waals surface area contributed by atoms with Gasteiger partial charge in [-0.15, -0.1) is 0 Å². The Labute approximate surface area is 160 Å². The van der Waals surface area contributed by atoms with Gasteiger partial charge in [0, 0.05) is 6.42 Å². The number of alkyl halides is 3. The highest BCUT2D eigenvalue weighted by molar-refractivity contribution is 5.77. The van der Waals surface area contributed by atoms with Crippen LogP contribution in [0.2, 0.25) is 0 Å². The van der Waals surface area contributed by atoms with Crippen molar-refractivity contribution in [3.63, 3.8) is 0 Å². The minimum Gasteiger partial charge on any atom is -0.458 e. The van der Waals surface area contributed by atoms with Crippen LogP contribution in [-0.2, 0) is 19.1 Å². The van der Waals surface area contributed by atoms with Crippen LogP contribution in [-0.4, -0.2) is 29.3 Å². The van der Waals surface area contributed by atoms with Crippen molar-refractivity contribution in [2.45, 2.75) is 97.9 Å². The first-order valence-corrected chi connectivity index (χ1v) is 8.92. The molecule has 4 bridgehead atoms. The Bertz CT molecular complexity index is 568. The zero-order valence-corrected chi connectivity index (χ0v) is 14.9. The van der Waals surface area contributed by atoms with E-state index in [2.05, 4.69) is 0 Å². The van der Waals surface area contributed by atoms with Crippen LogP contribution in [0.4, 0.5) is 13.2 Å². The monoisotopic (exact) mass is 394 g/mol. The predicted octanol–water partition coefficient (Wildman–Crippen LogP) is 5.43. The summed E-state index contributed by atoms with van der Waals surface area (Å²) in [5.74, 6) is -2.18. The number of carbonyl (C=O) groups is 2. The third-order valence-corrected chi connectivity index (χ3v) is 6.24. The molecular weight excluding hydrogens is 361 g/mol. The fraction of sp³-hybridized carbons (Fsp3) is 0.900. The summed E-state index contributed by atoms with van der Waals surface area (Å²) in [7, 11) is 0. The molecule has 0 radical (unpaired) electrons. The number of rotatable bonds is 4. The van der Waals surface area contributed by atoms with E-state index in [9.17, 15) is 22.8 Å². The van der Waals surface area contributed by atoms with Gasteiger partial charge in [-0.3, -0.25) is 4.79 Å². The van der Waals surface area contributed by atoms with Crippen molar-refractivity contribution < 1.29 is 32.2 Å². The molecule has 158 valence electrons. The molecule has 7 heteroatoms. The summed E-state index contributed by atoms with van der Waals surface area (Å²) in [6, 6.07) is 0. The summed E-state index contributed by atoms with van der Waals surface area (Å²) in [4.78, 5) is 24.0. The van der Waals surface area contributed by atoms with E-state index in [-0.39, 0.29) is 39.1 Å². The van der Waals surface area contributed by atoms with Crippen molar-refractivity contribution in [1.29, 1.82) is 0 Å². The smallest absolute Gasteiger partial charge is 0.458 e. The van der Waals surface area contributed by atoms with Gasteiger partial charge in [0.1, 0.15) is 11.2 Å². The molecule has 2 atom stereocenters. The molecule has 0 heterocycles. The first-order valence-electron chi connectivity index (χ1n) is 8.92. The second-order valence-electron chi connectivity index (χ2n) is 8.84. The Morgan fingerprint density at radius 1 is 0.926 bits per heavy atom. The highest BCUT2D eigenvalue weighted by atomic mass is 19.4. The normalized spacial score (nSPS) is 34.3. The summed E-state index contributed by atoms with van der Waals surface area (Å²) in [6.07, 6.45) is -1.13. The second kappa shape index (κ2) is 7.28. The lowest BCUT2D eigenvalue weighted by Crippen LogP contribution is -2.62. The highest BCUT2D eigenvalue weighted by Gasteiger charge is 2.63. The summed E-state index contributed by atoms with van der Waals surface area (Å²) in [5, 5.41) is 0. The maximum Gasteiger partial charge on any atom is 0.490 e. The van der Waals surface area contributed by atoms with Crippen LogP contribution >= 0.6 is 0 Å². The molecule has 2 unspecified atom stereocenters. The molecule has 0 saturated heterocycles. The van der Waals surface area contributed by atoms with Gasteiger partial charge in [-0.25, -0.2) is 4.79 Å². The van der Waals surface area contributed by atoms with E-state index in [4.69, 9.17) is 9.47 Å². The molecule has 0 aromatic carbocycles. The molecule has 4 saturated carbocycles. The molecule has 27 heavy (non-hydrogen) atoms. The summed E-state index contributed by atoms with van der Waals surface area (Å²) >= 11 is 0. The minimum atomic E-state index is -5.00. The van der Waals surface area contributed by atoms with Crippen molar-refractivity contribution >= 4 is 11.9 Å². The molecule has 0 aromatic heterocycles. The first kappa shape index (κ1) is 23.8. The summed E-state index contributed by atoms with van der Waals surface area (Å²) in [6.45, 7) is 5.50. The lowest BCUT2D eigenvalue weighted by molar-refractivity contribution is -0.254. The van der Waals surface area contributed by atoms with Gasteiger partial charge >= 0.3 is 18.1 Å². The Kier molecular flexibility index (Phi) is 6.41. The number of halogens is 3. The Morgan fingerprint density at radius 2 is 1.33 bits per heavy atom. The zero-order chi connectivity index (χ0) is 18.7. The van der Waals surface area contributed by atoms with Gasteiger partial charge in [-0.2, -0.15) is 13.2 Å². The fourth-order valence-corrected chi connectivity index (χ4v) is 5.07. The molecule has 4 aliphatic rings. The fourth-order valence-electron chi connectivity index (χ4n) is 5.07. The van der Waals surface area contributed by atoms with Crippen LogP contribution in [0.15, 0.2) is 0 Å². The Morgan fingerprint density at radius 3 is 1.70 bits per heavy atom. The van der Waals surface area contributed by atoms with Crippen LogP contribution in [0.3, 0.4) is 0 Å². The van der Waals surface area contributed by atoms with Crippen LogP contribution < -0.4 is 0 Å². The van der Waals surface area contributed by atoms with Gasteiger partial charge in [0.25, 0.3) is 0 Å². The van der Waals surface area contributed by atoms with Crippen molar-refractivity contribution in [2.24, 2.45) is 17.3 Å².